The van der Waals surface area contributed by atoms with E-state index in [0.717, 1.165) is 16.7 Å². The molecule has 0 radical (unpaired) electrons. The van der Waals surface area contributed by atoms with Crippen LogP contribution in [0.3, 0.4) is 0 Å². The molecule has 0 unspecified atom stereocenters. The molecular weight excluding hydrogens is 466 g/mol. The highest BCUT2D eigenvalue weighted by Gasteiger charge is 2.28. The largest absolute Gasteiger partial charge is 0.497 e. The second-order valence-electron chi connectivity index (χ2n) is 8.57. The monoisotopic (exact) mass is 503 g/mol. The normalized spacial score (nSPS) is 12.1. The Hall–Kier alpha value is -3.07. The summed E-state index contributed by atoms with van der Waals surface area (Å²) in [6.07, 6.45) is 2.05. The highest BCUT2D eigenvalue weighted by Crippen LogP contribution is 2.26. The van der Waals surface area contributed by atoms with Gasteiger partial charge in [0.2, 0.25) is 21.8 Å². The number of carbonyl (C=O) groups excluding carboxylic acids is 2. The lowest BCUT2D eigenvalue weighted by atomic mass is 10.1. The van der Waals surface area contributed by atoms with Crippen LogP contribution in [0.2, 0.25) is 0 Å². The topological polar surface area (TPSA) is 96.0 Å². The van der Waals surface area contributed by atoms with Gasteiger partial charge in [-0.1, -0.05) is 31.2 Å². The Kier molecular flexibility index (Phi) is 10.1. The van der Waals surface area contributed by atoms with Crippen LogP contribution >= 0.6 is 0 Å². The lowest BCUT2D eigenvalue weighted by molar-refractivity contribution is -0.141. The summed E-state index contributed by atoms with van der Waals surface area (Å²) in [7, 11) is -0.416. The lowest BCUT2D eigenvalue weighted by Gasteiger charge is -2.31. The van der Waals surface area contributed by atoms with Gasteiger partial charge in [-0.2, -0.15) is 0 Å². The van der Waals surface area contributed by atoms with E-state index in [-0.39, 0.29) is 31.3 Å². The number of hydrogen-bond donors (Lipinski definition) is 1. The van der Waals surface area contributed by atoms with Gasteiger partial charge in [-0.3, -0.25) is 13.9 Å². The van der Waals surface area contributed by atoms with Gasteiger partial charge in [-0.25, -0.2) is 8.42 Å². The standard InChI is InChI=1S/C26H37N3O5S/c1-7-23(26(31)27-4)28(18-21-12-9-13-22(17-21)34-5)25(30)15-10-16-29(35(6,32)33)24-14-8-11-19(2)20(24)3/h8-9,11-14,17,23H,7,10,15-16,18H2,1-6H3,(H,27,31)/t23-/m0/s1. The Morgan fingerprint density at radius 2 is 1.80 bits per heavy atom. The average molecular weight is 504 g/mol. The Labute approximate surface area is 209 Å². The van der Waals surface area contributed by atoms with Crippen LogP contribution in [0.4, 0.5) is 5.69 Å². The Bertz CT molecular complexity index is 1130. The van der Waals surface area contributed by atoms with Crippen LogP contribution in [-0.4, -0.2) is 58.1 Å². The van der Waals surface area contributed by atoms with Crippen molar-refractivity contribution in [1.82, 2.24) is 10.2 Å². The second-order valence-corrected chi connectivity index (χ2v) is 10.5. The van der Waals surface area contributed by atoms with Crippen molar-refractivity contribution in [2.75, 3.05) is 31.3 Å². The summed E-state index contributed by atoms with van der Waals surface area (Å²) in [6, 6.07) is 12.3. The molecule has 0 heterocycles. The number of nitrogens with zero attached hydrogens (tertiary/aromatic N) is 2. The lowest BCUT2D eigenvalue weighted by Crippen LogP contribution is -2.48. The molecule has 1 N–H and O–H groups in total. The summed E-state index contributed by atoms with van der Waals surface area (Å²) in [6.45, 7) is 6.09. The van der Waals surface area contributed by atoms with Crippen molar-refractivity contribution in [3.63, 3.8) is 0 Å². The maximum atomic E-state index is 13.4. The van der Waals surface area contributed by atoms with E-state index >= 15 is 0 Å². The number of nitrogens with one attached hydrogen (secondary N) is 1. The van der Waals surface area contributed by atoms with Crippen molar-refractivity contribution in [3.05, 3.63) is 59.2 Å². The van der Waals surface area contributed by atoms with Gasteiger partial charge < -0.3 is 15.0 Å². The van der Waals surface area contributed by atoms with Crippen molar-refractivity contribution in [1.29, 1.82) is 0 Å². The molecule has 1 atom stereocenters. The number of carbonyl (C=O) groups is 2. The van der Waals surface area contributed by atoms with Crippen LogP contribution in [0.5, 0.6) is 5.75 Å². The summed E-state index contributed by atoms with van der Waals surface area (Å²) >= 11 is 0. The molecule has 0 aliphatic carbocycles. The molecule has 0 aliphatic rings. The fourth-order valence-corrected chi connectivity index (χ4v) is 5.06. The number of rotatable bonds is 12. The predicted molar refractivity (Wildman–Crippen MR) is 139 cm³/mol. The molecule has 2 amide bonds. The molecule has 2 rings (SSSR count). The summed E-state index contributed by atoms with van der Waals surface area (Å²) in [5.74, 6) is 0.217. The molecule has 0 saturated heterocycles. The first kappa shape index (κ1) is 28.2. The third kappa shape index (κ3) is 7.45. The molecule has 8 nitrogen and oxygen atoms in total. The van der Waals surface area contributed by atoms with Crippen LogP contribution in [0.25, 0.3) is 0 Å². The Morgan fingerprint density at radius 1 is 1.11 bits per heavy atom. The zero-order valence-corrected chi connectivity index (χ0v) is 22.3. The van der Waals surface area contributed by atoms with E-state index in [1.165, 1.54) is 10.6 Å². The zero-order chi connectivity index (χ0) is 26.2. The summed E-state index contributed by atoms with van der Waals surface area (Å²) in [5, 5.41) is 2.64. The molecule has 0 bridgehead atoms. The molecule has 192 valence electrons. The minimum absolute atomic E-state index is 0.106. The number of hydrogen-bond acceptors (Lipinski definition) is 5. The zero-order valence-electron chi connectivity index (χ0n) is 21.5. The molecule has 0 aliphatic heterocycles. The number of aryl methyl sites for hydroxylation is 1. The van der Waals surface area contributed by atoms with Gasteiger partial charge in [0.25, 0.3) is 0 Å². The number of benzene rings is 2. The number of anilines is 1. The quantitative estimate of drug-likeness (QED) is 0.479. The maximum Gasteiger partial charge on any atom is 0.242 e. The van der Waals surface area contributed by atoms with Crippen molar-refractivity contribution < 1.29 is 22.7 Å². The van der Waals surface area contributed by atoms with E-state index in [0.29, 0.717) is 24.3 Å². The van der Waals surface area contributed by atoms with E-state index in [9.17, 15) is 18.0 Å². The van der Waals surface area contributed by atoms with Crippen LogP contribution < -0.4 is 14.4 Å². The number of ether oxygens (including phenoxy) is 1. The van der Waals surface area contributed by atoms with E-state index in [1.807, 2.05) is 57.2 Å². The second kappa shape index (κ2) is 12.6. The minimum atomic E-state index is -3.54. The molecule has 0 aromatic heterocycles. The van der Waals surface area contributed by atoms with Crippen LogP contribution in [0.15, 0.2) is 42.5 Å². The Morgan fingerprint density at radius 3 is 2.40 bits per heavy atom. The highest BCUT2D eigenvalue weighted by molar-refractivity contribution is 7.92. The minimum Gasteiger partial charge on any atom is -0.497 e. The molecule has 0 saturated carbocycles. The van der Waals surface area contributed by atoms with E-state index < -0.39 is 16.1 Å². The van der Waals surface area contributed by atoms with E-state index in [4.69, 9.17) is 4.74 Å². The summed E-state index contributed by atoms with van der Waals surface area (Å²) in [5.41, 5.74) is 3.33. The predicted octanol–water partition coefficient (Wildman–Crippen LogP) is 3.41. The van der Waals surface area contributed by atoms with E-state index in [1.54, 1.807) is 25.1 Å². The van der Waals surface area contributed by atoms with Crippen molar-refractivity contribution in [2.24, 2.45) is 0 Å². The fourth-order valence-electron chi connectivity index (χ4n) is 4.04. The van der Waals surface area contributed by atoms with Gasteiger partial charge in [-0.05, 0) is 61.6 Å². The number of sulfonamides is 1. The van der Waals surface area contributed by atoms with Crippen molar-refractivity contribution >= 4 is 27.5 Å². The number of methoxy groups -OCH3 is 1. The molecule has 2 aromatic carbocycles. The maximum absolute atomic E-state index is 13.4. The molecule has 0 spiro atoms. The van der Waals surface area contributed by atoms with Gasteiger partial charge in [-0.15, -0.1) is 0 Å². The molecule has 0 fully saturated rings. The first-order valence-corrected chi connectivity index (χ1v) is 13.6. The van der Waals surface area contributed by atoms with Crippen molar-refractivity contribution in [3.8, 4) is 5.75 Å². The Balaban J connectivity index is 2.24. The summed E-state index contributed by atoms with van der Waals surface area (Å²) < 4.78 is 31.8. The van der Waals surface area contributed by atoms with Gasteiger partial charge in [0, 0.05) is 26.6 Å². The van der Waals surface area contributed by atoms with Crippen LogP contribution in [-0.2, 0) is 26.2 Å². The third-order valence-electron chi connectivity index (χ3n) is 6.12. The third-order valence-corrected chi connectivity index (χ3v) is 7.30. The first-order chi connectivity index (χ1) is 16.5. The smallest absolute Gasteiger partial charge is 0.242 e. The molecule has 35 heavy (non-hydrogen) atoms. The number of amides is 2. The van der Waals surface area contributed by atoms with Gasteiger partial charge in [0.1, 0.15) is 11.8 Å². The molecule has 9 heteroatoms. The van der Waals surface area contributed by atoms with Crippen LogP contribution in [0.1, 0.15) is 42.9 Å². The molecular formula is C26H37N3O5S. The number of likely N-dealkylation sites (N-methyl/N-ethyl adjacent to an activating group) is 1. The average Bonchev–Trinajstić information content (AvgIpc) is 2.82. The fraction of sp³-hybridized carbons (Fsp3) is 0.462. The SMILES string of the molecule is CC[C@@H](C(=O)NC)N(Cc1cccc(OC)c1)C(=O)CCCN(c1cccc(C)c1C)S(C)(=O)=O. The van der Waals surface area contributed by atoms with Gasteiger partial charge in [0.15, 0.2) is 0 Å². The summed E-state index contributed by atoms with van der Waals surface area (Å²) in [4.78, 5) is 27.5. The molecule has 2 aromatic rings. The first-order valence-electron chi connectivity index (χ1n) is 11.7. The van der Waals surface area contributed by atoms with Gasteiger partial charge >= 0.3 is 0 Å². The van der Waals surface area contributed by atoms with Gasteiger partial charge in [0.05, 0.1) is 19.1 Å². The highest BCUT2D eigenvalue weighted by atomic mass is 32.2. The van der Waals surface area contributed by atoms with Crippen LogP contribution in [0, 0.1) is 13.8 Å². The van der Waals surface area contributed by atoms with E-state index in [2.05, 4.69) is 5.32 Å². The van der Waals surface area contributed by atoms with Crippen molar-refractivity contribution in [2.45, 2.75) is 52.6 Å².